The van der Waals surface area contributed by atoms with E-state index in [0.29, 0.717) is 11.1 Å². The Morgan fingerprint density at radius 1 is 1.05 bits per heavy atom. The van der Waals surface area contributed by atoms with Gasteiger partial charge < -0.3 is 15.1 Å². The Kier molecular flexibility index (Phi) is 9.70. The van der Waals surface area contributed by atoms with Crippen LogP contribution in [0, 0.1) is 6.92 Å². The lowest BCUT2D eigenvalue weighted by Gasteiger charge is -2.37. The summed E-state index contributed by atoms with van der Waals surface area (Å²) in [5.74, 6) is 0.111. The zero-order valence-corrected chi connectivity index (χ0v) is 26.2. The van der Waals surface area contributed by atoms with Gasteiger partial charge in [-0.15, -0.1) is 11.3 Å². The fraction of sp³-hybridized carbons (Fsp3) is 0.406. The van der Waals surface area contributed by atoms with Crippen LogP contribution in [-0.2, 0) is 11.2 Å². The number of hydrogen-bond donors (Lipinski definition) is 2. The molecule has 0 saturated carbocycles. The molecule has 0 aliphatic carbocycles. The van der Waals surface area contributed by atoms with Crippen molar-refractivity contribution >= 4 is 44.9 Å². The molecule has 2 aromatic heterocycles. The first-order valence-corrected chi connectivity index (χ1v) is 15.1. The normalized spacial score (nSPS) is 14.3. The maximum Gasteiger partial charge on any atom is 0.307 e. The van der Waals surface area contributed by atoms with E-state index in [1.165, 1.54) is 0 Å². The van der Waals surface area contributed by atoms with Crippen LogP contribution in [0.3, 0.4) is 0 Å². The number of thiazole rings is 1. The van der Waals surface area contributed by atoms with E-state index < -0.39 is 11.6 Å². The SMILES string of the molecule is CC(C)(C)O.Cc1cc2nc(-c3cccc(N4CCN(C(C)C)CC4)n3)sc2c(-c2ccc(Cl)cc2)c1CC(=O)O. The predicted molar refractivity (Wildman–Crippen MR) is 170 cm³/mol. The molecule has 41 heavy (non-hydrogen) atoms. The van der Waals surface area contributed by atoms with Gasteiger partial charge in [0, 0.05) is 42.8 Å². The molecule has 1 aliphatic heterocycles. The number of aromatic nitrogens is 2. The minimum absolute atomic E-state index is 0.0525. The highest BCUT2D eigenvalue weighted by atomic mass is 35.5. The van der Waals surface area contributed by atoms with E-state index in [0.717, 1.165) is 75.2 Å². The van der Waals surface area contributed by atoms with Gasteiger partial charge in [0.1, 0.15) is 16.5 Å². The number of piperazine rings is 1. The Bertz CT molecular complexity index is 1500. The molecule has 4 aromatic rings. The molecule has 2 aromatic carbocycles. The van der Waals surface area contributed by atoms with E-state index >= 15 is 0 Å². The minimum Gasteiger partial charge on any atom is -0.481 e. The Morgan fingerprint density at radius 3 is 2.27 bits per heavy atom. The number of aliphatic carboxylic acids is 1. The number of halogens is 1. The van der Waals surface area contributed by atoms with Crippen molar-refractivity contribution in [2.24, 2.45) is 0 Å². The standard InChI is InChI=1S/C28H29ClN4O2S.C4H10O/c1-17(2)32-11-13-33(14-12-32)24-6-4-5-22(30-24)28-31-23-15-18(3)21(16-25(34)35)26(27(23)36-28)19-7-9-20(29)10-8-19;1-4(2,3)5/h4-10,15,17H,11-14,16H2,1-3H3,(H,34,35);5H,1-3H3. The van der Waals surface area contributed by atoms with Crippen molar-refractivity contribution in [1.29, 1.82) is 0 Å². The van der Waals surface area contributed by atoms with E-state index in [9.17, 15) is 9.90 Å². The highest BCUT2D eigenvalue weighted by molar-refractivity contribution is 7.22. The van der Waals surface area contributed by atoms with Crippen molar-refractivity contribution in [3.63, 3.8) is 0 Å². The average Bonchev–Trinajstić information content (AvgIpc) is 3.32. The summed E-state index contributed by atoms with van der Waals surface area (Å²) < 4.78 is 0.965. The third kappa shape index (κ3) is 8.04. The van der Waals surface area contributed by atoms with E-state index in [1.807, 2.05) is 49.4 Å². The van der Waals surface area contributed by atoms with Crippen LogP contribution in [0.15, 0.2) is 48.5 Å². The Balaban J connectivity index is 0.000000714. The average molecular weight is 595 g/mol. The fourth-order valence-electron chi connectivity index (χ4n) is 4.83. The van der Waals surface area contributed by atoms with Gasteiger partial charge in [0.15, 0.2) is 0 Å². The van der Waals surface area contributed by atoms with Crippen molar-refractivity contribution in [3.05, 3.63) is 64.7 Å². The summed E-state index contributed by atoms with van der Waals surface area (Å²) in [6, 6.07) is 16.2. The second-order valence-corrected chi connectivity index (χ2v) is 13.1. The van der Waals surface area contributed by atoms with Crippen LogP contribution in [0.25, 0.3) is 32.0 Å². The summed E-state index contributed by atoms with van der Waals surface area (Å²) in [6.07, 6.45) is -0.0525. The van der Waals surface area contributed by atoms with Crippen LogP contribution in [0.4, 0.5) is 5.82 Å². The molecule has 7 nitrogen and oxygen atoms in total. The molecular weight excluding hydrogens is 556 g/mol. The molecule has 0 amide bonds. The van der Waals surface area contributed by atoms with Crippen molar-refractivity contribution in [2.75, 3.05) is 31.1 Å². The Labute approximate surface area is 251 Å². The van der Waals surface area contributed by atoms with Gasteiger partial charge in [0.25, 0.3) is 0 Å². The van der Waals surface area contributed by atoms with Crippen molar-refractivity contribution in [3.8, 4) is 21.8 Å². The van der Waals surface area contributed by atoms with Gasteiger partial charge in [-0.2, -0.15) is 0 Å². The topological polar surface area (TPSA) is 89.8 Å². The molecule has 5 rings (SSSR count). The highest BCUT2D eigenvalue weighted by Gasteiger charge is 2.22. The van der Waals surface area contributed by atoms with Crippen LogP contribution in [0.1, 0.15) is 45.7 Å². The van der Waals surface area contributed by atoms with Gasteiger partial charge in [0.2, 0.25) is 0 Å². The van der Waals surface area contributed by atoms with Gasteiger partial charge in [-0.3, -0.25) is 9.69 Å². The van der Waals surface area contributed by atoms with E-state index in [2.05, 4.69) is 29.7 Å². The van der Waals surface area contributed by atoms with Crippen molar-refractivity contribution in [2.45, 2.75) is 59.6 Å². The van der Waals surface area contributed by atoms with Crippen molar-refractivity contribution in [1.82, 2.24) is 14.9 Å². The molecule has 3 heterocycles. The smallest absolute Gasteiger partial charge is 0.307 e. The van der Waals surface area contributed by atoms with Crippen molar-refractivity contribution < 1.29 is 15.0 Å². The summed E-state index contributed by atoms with van der Waals surface area (Å²) >= 11 is 7.70. The fourth-order valence-corrected chi connectivity index (χ4v) is 6.07. The third-order valence-electron chi connectivity index (χ3n) is 6.79. The first-order valence-electron chi connectivity index (χ1n) is 13.9. The molecule has 0 radical (unpaired) electrons. The highest BCUT2D eigenvalue weighted by Crippen LogP contribution is 2.41. The van der Waals surface area contributed by atoms with Gasteiger partial charge in [-0.05, 0) is 88.6 Å². The summed E-state index contributed by atoms with van der Waals surface area (Å²) in [6.45, 7) is 15.6. The Hall–Kier alpha value is -3.04. The third-order valence-corrected chi connectivity index (χ3v) is 8.16. The predicted octanol–water partition coefficient (Wildman–Crippen LogP) is 6.92. The molecule has 1 saturated heterocycles. The number of fused-ring (bicyclic) bond motifs is 1. The number of hydrogen-bond acceptors (Lipinski definition) is 7. The number of anilines is 1. The molecule has 9 heteroatoms. The lowest BCUT2D eigenvalue weighted by Crippen LogP contribution is -2.49. The number of rotatable bonds is 6. The molecule has 0 spiro atoms. The largest absolute Gasteiger partial charge is 0.481 e. The number of nitrogens with zero attached hydrogens (tertiary/aromatic N) is 4. The first-order chi connectivity index (χ1) is 19.3. The van der Waals surface area contributed by atoms with Gasteiger partial charge in [-0.1, -0.05) is 29.8 Å². The molecule has 1 fully saturated rings. The number of carboxylic acid groups (broad SMARTS) is 1. The molecule has 0 bridgehead atoms. The number of carboxylic acids is 1. The molecular formula is C32H39ClN4O3S. The van der Waals surface area contributed by atoms with Crippen LogP contribution in [-0.4, -0.2) is 68.9 Å². The van der Waals surface area contributed by atoms with Crippen LogP contribution in [0.5, 0.6) is 0 Å². The quantitative estimate of drug-likeness (QED) is 0.250. The molecule has 0 atom stereocenters. The first kappa shape index (κ1) is 30.9. The summed E-state index contributed by atoms with van der Waals surface area (Å²) in [4.78, 5) is 26.5. The van der Waals surface area contributed by atoms with Gasteiger partial charge in [-0.25, -0.2) is 9.97 Å². The van der Waals surface area contributed by atoms with Crippen LogP contribution < -0.4 is 4.90 Å². The summed E-state index contributed by atoms with van der Waals surface area (Å²) in [7, 11) is 0. The second-order valence-electron chi connectivity index (χ2n) is 11.7. The van der Waals surface area contributed by atoms with E-state index in [-0.39, 0.29) is 6.42 Å². The number of pyridine rings is 1. The van der Waals surface area contributed by atoms with Gasteiger partial charge in [0.05, 0.1) is 22.2 Å². The lowest BCUT2D eigenvalue weighted by atomic mass is 9.93. The number of carbonyl (C=O) groups is 1. The maximum atomic E-state index is 11.7. The molecule has 1 aliphatic rings. The molecule has 218 valence electrons. The number of aliphatic hydroxyl groups is 1. The number of benzene rings is 2. The zero-order valence-electron chi connectivity index (χ0n) is 24.6. The summed E-state index contributed by atoms with van der Waals surface area (Å²) in [5, 5.41) is 19.6. The van der Waals surface area contributed by atoms with Gasteiger partial charge >= 0.3 is 5.97 Å². The second kappa shape index (κ2) is 12.9. The number of aryl methyl sites for hydroxylation is 1. The minimum atomic E-state index is -0.857. The van der Waals surface area contributed by atoms with Crippen LogP contribution >= 0.6 is 22.9 Å². The van der Waals surface area contributed by atoms with E-state index in [1.54, 1.807) is 32.1 Å². The molecule has 2 N–H and O–H groups in total. The lowest BCUT2D eigenvalue weighted by molar-refractivity contribution is -0.136. The monoisotopic (exact) mass is 594 g/mol. The molecule has 0 unspecified atom stereocenters. The van der Waals surface area contributed by atoms with Crippen LogP contribution in [0.2, 0.25) is 5.02 Å². The van der Waals surface area contributed by atoms with E-state index in [4.69, 9.17) is 26.7 Å². The zero-order chi connectivity index (χ0) is 29.9. The maximum absolute atomic E-state index is 11.7. The Morgan fingerprint density at radius 2 is 1.68 bits per heavy atom. The summed E-state index contributed by atoms with van der Waals surface area (Å²) in [5.41, 5.74) is 4.75.